The zero-order chi connectivity index (χ0) is 24.2. The van der Waals surface area contributed by atoms with Gasteiger partial charge in [0.2, 0.25) is 0 Å². The lowest BCUT2D eigenvalue weighted by Gasteiger charge is -2.36. The first kappa shape index (κ1) is 23.7. The van der Waals surface area contributed by atoms with Gasteiger partial charge in [0.15, 0.2) is 0 Å². The molecule has 7 nitrogen and oxygen atoms in total. The van der Waals surface area contributed by atoms with E-state index in [1.54, 1.807) is 36.5 Å². The Kier molecular flexibility index (Phi) is 7.14. The van der Waals surface area contributed by atoms with Crippen LogP contribution in [0.2, 0.25) is 5.02 Å². The zero-order valence-electron chi connectivity index (χ0n) is 19.4. The number of aryl methyl sites for hydroxylation is 1. The second-order valence-corrected chi connectivity index (χ2v) is 9.10. The maximum atomic E-state index is 12.8. The topological polar surface area (TPSA) is 86.4 Å². The van der Waals surface area contributed by atoms with Gasteiger partial charge in [-0.15, -0.1) is 0 Å². The minimum Gasteiger partial charge on any atom is -0.354 e. The van der Waals surface area contributed by atoms with Gasteiger partial charge in [-0.25, -0.2) is 4.98 Å². The van der Waals surface area contributed by atoms with Gasteiger partial charge in [0.1, 0.15) is 5.82 Å². The van der Waals surface area contributed by atoms with Gasteiger partial charge in [-0.3, -0.25) is 9.59 Å². The lowest BCUT2D eigenvalue weighted by molar-refractivity contribution is 0.101. The number of hydrogen-bond acceptors (Lipinski definition) is 5. The van der Waals surface area contributed by atoms with Crippen molar-refractivity contribution in [1.82, 2.24) is 10.3 Å². The highest BCUT2D eigenvalue weighted by Gasteiger charge is 2.22. The fourth-order valence-corrected chi connectivity index (χ4v) is 4.31. The molecule has 0 bridgehead atoms. The molecule has 2 amide bonds. The van der Waals surface area contributed by atoms with Gasteiger partial charge in [-0.05, 0) is 62.7 Å². The van der Waals surface area contributed by atoms with Crippen molar-refractivity contribution in [2.75, 3.05) is 28.6 Å². The second-order valence-electron chi connectivity index (χ2n) is 8.70. The number of carbonyl (C=O) groups is 2. The Labute approximate surface area is 204 Å². The highest BCUT2D eigenvalue weighted by Crippen LogP contribution is 2.27. The molecule has 0 radical (unpaired) electrons. The Hall–Kier alpha value is -3.42. The maximum absolute atomic E-state index is 12.8. The summed E-state index contributed by atoms with van der Waals surface area (Å²) in [7, 11) is 0. The molecule has 176 valence electrons. The highest BCUT2D eigenvalue weighted by molar-refractivity contribution is 6.34. The number of rotatable bonds is 5. The number of carbonyl (C=O) groups excluding carboxylic acids is 2. The molecule has 1 saturated heterocycles. The van der Waals surface area contributed by atoms with Crippen molar-refractivity contribution in [2.24, 2.45) is 0 Å². The second kappa shape index (κ2) is 10.2. The van der Waals surface area contributed by atoms with Gasteiger partial charge in [0.25, 0.3) is 11.8 Å². The number of nitrogens with one attached hydrogen (secondary N) is 3. The number of halogens is 1. The molecule has 34 heavy (non-hydrogen) atoms. The number of pyridine rings is 1. The van der Waals surface area contributed by atoms with E-state index in [0.29, 0.717) is 39.6 Å². The van der Waals surface area contributed by atoms with Gasteiger partial charge in [-0.2, -0.15) is 0 Å². The van der Waals surface area contributed by atoms with E-state index < -0.39 is 0 Å². The summed E-state index contributed by atoms with van der Waals surface area (Å²) >= 11 is 6.29. The first-order chi connectivity index (χ1) is 16.3. The van der Waals surface area contributed by atoms with E-state index in [2.05, 4.69) is 39.7 Å². The van der Waals surface area contributed by atoms with Crippen LogP contribution in [0.15, 0.2) is 60.8 Å². The predicted octanol–water partition coefficient (Wildman–Crippen LogP) is 4.73. The van der Waals surface area contributed by atoms with Crippen LogP contribution >= 0.6 is 11.6 Å². The lowest BCUT2D eigenvalue weighted by atomic mass is 10.1. The molecule has 3 N–H and O–H groups in total. The van der Waals surface area contributed by atoms with Crippen LogP contribution in [-0.4, -0.2) is 42.0 Å². The molecule has 3 aromatic rings. The number of piperazine rings is 1. The lowest BCUT2D eigenvalue weighted by Crippen LogP contribution is -2.54. The average Bonchev–Trinajstić information content (AvgIpc) is 2.81. The number of nitrogens with zero attached hydrogens (tertiary/aromatic N) is 2. The van der Waals surface area contributed by atoms with Crippen molar-refractivity contribution in [2.45, 2.75) is 32.9 Å². The SMILES string of the molecule is Cc1ccccc1C(=O)Nc1cc(NC(=O)c2ccc(N3CC(C)NC(C)C3)nc2)ccc1Cl. The third kappa shape index (κ3) is 5.55. The van der Waals surface area contributed by atoms with Crippen molar-refractivity contribution < 1.29 is 9.59 Å². The summed E-state index contributed by atoms with van der Waals surface area (Å²) in [5.41, 5.74) is 2.81. The molecule has 0 saturated carbocycles. The van der Waals surface area contributed by atoms with Crippen LogP contribution in [0, 0.1) is 6.92 Å². The molecule has 2 atom stereocenters. The van der Waals surface area contributed by atoms with Crippen molar-refractivity contribution >= 4 is 40.6 Å². The van der Waals surface area contributed by atoms with E-state index in [-0.39, 0.29) is 11.8 Å². The van der Waals surface area contributed by atoms with Gasteiger partial charge >= 0.3 is 0 Å². The largest absolute Gasteiger partial charge is 0.354 e. The van der Waals surface area contributed by atoms with E-state index in [1.165, 1.54) is 0 Å². The number of benzene rings is 2. The van der Waals surface area contributed by atoms with E-state index in [0.717, 1.165) is 24.5 Å². The Balaban J connectivity index is 1.44. The summed E-state index contributed by atoms with van der Waals surface area (Å²) in [5, 5.41) is 9.56. The molecular formula is C26H28ClN5O2. The van der Waals surface area contributed by atoms with Crippen molar-refractivity contribution in [3.8, 4) is 0 Å². The van der Waals surface area contributed by atoms with Crippen molar-refractivity contribution in [3.05, 3.63) is 82.5 Å². The molecule has 1 aliphatic rings. The summed E-state index contributed by atoms with van der Waals surface area (Å²) in [6.45, 7) is 7.90. The minimum atomic E-state index is -0.292. The highest BCUT2D eigenvalue weighted by atomic mass is 35.5. The fourth-order valence-electron chi connectivity index (χ4n) is 4.14. The van der Waals surface area contributed by atoms with Crippen LogP contribution in [0.25, 0.3) is 0 Å². The number of aromatic nitrogens is 1. The molecule has 0 aliphatic carbocycles. The maximum Gasteiger partial charge on any atom is 0.257 e. The van der Waals surface area contributed by atoms with E-state index in [9.17, 15) is 9.59 Å². The van der Waals surface area contributed by atoms with Gasteiger partial charge < -0.3 is 20.9 Å². The first-order valence-electron chi connectivity index (χ1n) is 11.2. The number of amides is 2. The minimum absolute atomic E-state index is 0.264. The quantitative estimate of drug-likeness (QED) is 0.494. The third-order valence-corrected chi connectivity index (χ3v) is 6.08. The Morgan fingerprint density at radius 3 is 2.41 bits per heavy atom. The number of hydrogen-bond donors (Lipinski definition) is 3. The van der Waals surface area contributed by atoms with Crippen LogP contribution in [0.3, 0.4) is 0 Å². The molecule has 1 aliphatic heterocycles. The molecule has 0 spiro atoms. The van der Waals surface area contributed by atoms with E-state index in [4.69, 9.17) is 11.6 Å². The van der Waals surface area contributed by atoms with Gasteiger partial charge in [0.05, 0.1) is 16.3 Å². The fraction of sp³-hybridized carbons (Fsp3) is 0.269. The molecule has 8 heteroatoms. The molecule has 2 heterocycles. The summed E-state index contributed by atoms with van der Waals surface area (Å²) < 4.78 is 0. The van der Waals surface area contributed by atoms with E-state index >= 15 is 0 Å². The van der Waals surface area contributed by atoms with Crippen LogP contribution in [-0.2, 0) is 0 Å². The predicted molar refractivity (Wildman–Crippen MR) is 137 cm³/mol. The monoisotopic (exact) mass is 477 g/mol. The van der Waals surface area contributed by atoms with Crippen molar-refractivity contribution in [1.29, 1.82) is 0 Å². The third-order valence-electron chi connectivity index (χ3n) is 5.75. The van der Waals surface area contributed by atoms with Gasteiger partial charge in [0, 0.05) is 42.6 Å². The normalized spacial score (nSPS) is 17.8. The molecule has 2 unspecified atom stereocenters. The molecule has 4 rings (SSSR count). The van der Waals surface area contributed by atoms with Crippen LogP contribution in [0.5, 0.6) is 0 Å². The summed E-state index contributed by atoms with van der Waals surface area (Å²) in [6, 6.07) is 16.7. The molecular weight excluding hydrogens is 450 g/mol. The van der Waals surface area contributed by atoms with Crippen molar-refractivity contribution in [3.63, 3.8) is 0 Å². The van der Waals surface area contributed by atoms with Crippen LogP contribution in [0.1, 0.15) is 40.1 Å². The smallest absolute Gasteiger partial charge is 0.257 e. The summed E-state index contributed by atoms with van der Waals surface area (Å²) in [5.74, 6) is 0.295. The Morgan fingerprint density at radius 2 is 1.74 bits per heavy atom. The number of anilines is 3. The van der Waals surface area contributed by atoms with Crippen LogP contribution < -0.4 is 20.9 Å². The first-order valence-corrected chi connectivity index (χ1v) is 11.6. The molecule has 1 aromatic heterocycles. The molecule has 1 fully saturated rings. The average molecular weight is 478 g/mol. The van der Waals surface area contributed by atoms with Crippen LogP contribution in [0.4, 0.5) is 17.2 Å². The van der Waals surface area contributed by atoms with Gasteiger partial charge in [-0.1, -0.05) is 29.8 Å². The molecule has 2 aromatic carbocycles. The zero-order valence-corrected chi connectivity index (χ0v) is 20.2. The van der Waals surface area contributed by atoms with E-state index in [1.807, 2.05) is 31.2 Å². The summed E-state index contributed by atoms with van der Waals surface area (Å²) in [6.07, 6.45) is 1.58. The standard InChI is InChI=1S/C26H28ClN5O2/c1-16-6-4-5-7-21(16)26(34)31-23-12-20(9-10-22(23)27)30-25(33)19-8-11-24(28-13-19)32-14-17(2)29-18(3)15-32/h4-13,17-18,29H,14-15H2,1-3H3,(H,30,33)(H,31,34). The Morgan fingerprint density at radius 1 is 1.00 bits per heavy atom. The Bertz CT molecular complexity index is 1190. The summed E-state index contributed by atoms with van der Waals surface area (Å²) in [4.78, 5) is 32.2.